The molecule has 1 atom stereocenters. The van der Waals surface area contributed by atoms with E-state index in [1.165, 1.54) is 5.56 Å². The largest absolute Gasteiger partial charge is 0.327 e. The van der Waals surface area contributed by atoms with Crippen LogP contribution in [0.2, 0.25) is 0 Å². The summed E-state index contributed by atoms with van der Waals surface area (Å²) in [5.41, 5.74) is 8.31. The zero-order valence-electron chi connectivity index (χ0n) is 11.1. The van der Waals surface area contributed by atoms with Crippen LogP contribution in [0.25, 0.3) is 0 Å². The maximum atomic E-state index is 5.92. The highest BCUT2D eigenvalue weighted by Gasteiger charge is 2.03. The molecule has 0 bridgehead atoms. The molecule has 1 unspecified atom stereocenters. The average molecular weight is 273 g/mol. The van der Waals surface area contributed by atoms with Crippen LogP contribution in [0.5, 0.6) is 0 Å². The number of rotatable bonds is 6. The third-order valence-electron chi connectivity index (χ3n) is 2.91. The Morgan fingerprint density at radius 1 is 1.11 bits per heavy atom. The number of benzene rings is 1. The quantitative estimate of drug-likeness (QED) is 0.649. The van der Waals surface area contributed by atoms with Crippen LogP contribution in [-0.2, 0) is 12.2 Å². The lowest BCUT2D eigenvalue weighted by Crippen LogP contribution is -2.21. The molecule has 19 heavy (non-hydrogen) atoms. The molecule has 1 aromatic carbocycles. The summed E-state index contributed by atoms with van der Waals surface area (Å²) in [4.78, 5) is 8.75. The van der Waals surface area contributed by atoms with Gasteiger partial charge in [0.05, 0.1) is 0 Å². The summed E-state index contributed by atoms with van der Waals surface area (Å²) in [5, 5.41) is 0.817. The minimum atomic E-state index is 0.200. The zero-order chi connectivity index (χ0) is 13.5. The summed E-state index contributed by atoms with van der Waals surface area (Å²) < 4.78 is 0. The normalized spacial score (nSPS) is 12.3. The first kappa shape index (κ1) is 14.0. The number of nitrogens with zero attached hydrogens (tertiary/aromatic N) is 2. The third kappa shape index (κ3) is 4.65. The lowest BCUT2D eigenvalue weighted by molar-refractivity contribution is 0.641. The van der Waals surface area contributed by atoms with E-state index in [9.17, 15) is 0 Å². The molecule has 3 nitrogen and oxygen atoms in total. The van der Waals surface area contributed by atoms with Crippen LogP contribution in [0.4, 0.5) is 0 Å². The Bertz CT molecular complexity index is 485. The van der Waals surface area contributed by atoms with Crippen LogP contribution in [0.3, 0.4) is 0 Å². The minimum absolute atomic E-state index is 0.200. The molecule has 2 N–H and O–H groups in total. The fourth-order valence-corrected chi connectivity index (χ4v) is 2.43. The molecule has 1 heterocycles. The number of hydrogen-bond donors (Lipinski definition) is 1. The van der Waals surface area contributed by atoms with E-state index in [1.807, 2.05) is 30.6 Å². The molecule has 0 radical (unpaired) electrons. The molecule has 1 aromatic heterocycles. The van der Waals surface area contributed by atoms with Crippen molar-refractivity contribution in [1.29, 1.82) is 0 Å². The van der Waals surface area contributed by atoms with Crippen LogP contribution in [0.15, 0.2) is 47.9 Å². The molecule has 0 aliphatic rings. The first-order valence-corrected chi connectivity index (χ1v) is 7.49. The van der Waals surface area contributed by atoms with E-state index in [4.69, 9.17) is 5.73 Å². The minimum Gasteiger partial charge on any atom is -0.327 e. The summed E-state index contributed by atoms with van der Waals surface area (Å²) in [6.45, 7) is 2.09. The Morgan fingerprint density at radius 3 is 2.42 bits per heavy atom. The van der Waals surface area contributed by atoms with Gasteiger partial charge in [-0.3, -0.25) is 0 Å². The average Bonchev–Trinajstić information content (AvgIpc) is 2.47. The third-order valence-corrected chi connectivity index (χ3v) is 3.86. The van der Waals surface area contributed by atoms with E-state index in [2.05, 4.69) is 29.0 Å². The van der Waals surface area contributed by atoms with Gasteiger partial charge in [-0.1, -0.05) is 49.0 Å². The van der Waals surface area contributed by atoms with Crippen molar-refractivity contribution in [3.05, 3.63) is 53.9 Å². The molecular formula is C15H19N3S. The van der Waals surface area contributed by atoms with E-state index < -0.39 is 0 Å². The van der Waals surface area contributed by atoms with Crippen LogP contribution >= 0.6 is 11.8 Å². The first-order valence-electron chi connectivity index (χ1n) is 6.51. The van der Waals surface area contributed by atoms with Gasteiger partial charge >= 0.3 is 0 Å². The lowest BCUT2D eigenvalue weighted by atomic mass is 10.1. The van der Waals surface area contributed by atoms with Gasteiger partial charge in [0.15, 0.2) is 5.16 Å². The maximum Gasteiger partial charge on any atom is 0.187 e. The van der Waals surface area contributed by atoms with Crippen molar-refractivity contribution in [2.75, 3.05) is 0 Å². The van der Waals surface area contributed by atoms with Crippen molar-refractivity contribution in [3.8, 4) is 0 Å². The van der Waals surface area contributed by atoms with Gasteiger partial charge in [-0.05, 0) is 24.0 Å². The topological polar surface area (TPSA) is 51.8 Å². The smallest absolute Gasteiger partial charge is 0.187 e. The van der Waals surface area contributed by atoms with E-state index in [1.54, 1.807) is 11.8 Å². The van der Waals surface area contributed by atoms with Gasteiger partial charge < -0.3 is 5.73 Å². The van der Waals surface area contributed by atoms with Gasteiger partial charge in [0.2, 0.25) is 0 Å². The highest BCUT2D eigenvalue weighted by atomic mass is 32.2. The van der Waals surface area contributed by atoms with Gasteiger partial charge in [0, 0.05) is 24.2 Å². The van der Waals surface area contributed by atoms with E-state index >= 15 is 0 Å². The summed E-state index contributed by atoms with van der Waals surface area (Å²) in [6.07, 6.45) is 5.59. The second kappa shape index (κ2) is 7.26. The summed E-state index contributed by atoms with van der Waals surface area (Å²) in [7, 11) is 0. The van der Waals surface area contributed by atoms with Crippen molar-refractivity contribution in [3.63, 3.8) is 0 Å². The summed E-state index contributed by atoms with van der Waals surface area (Å²) in [6, 6.07) is 10.5. The van der Waals surface area contributed by atoms with E-state index in [-0.39, 0.29) is 6.04 Å². The standard InChI is InChI=1S/C15H19N3S/c1-2-14(16)8-13-9-17-15(18-10-13)19-11-12-6-4-3-5-7-12/h3-7,9-10,14H,2,8,11,16H2,1H3. The SMILES string of the molecule is CCC(N)Cc1cnc(SCc2ccccc2)nc1. The fourth-order valence-electron chi connectivity index (χ4n) is 1.69. The number of thioether (sulfide) groups is 1. The Morgan fingerprint density at radius 2 is 1.79 bits per heavy atom. The molecule has 0 aliphatic heterocycles. The summed E-state index contributed by atoms with van der Waals surface area (Å²) in [5.74, 6) is 0.897. The Balaban J connectivity index is 1.88. The Labute approximate surface area is 118 Å². The van der Waals surface area contributed by atoms with Gasteiger partial charge in [-0.15, -0.1) is 0 Å². The molecule has 0 saturated heterocycles. The van der Waals surface area contributed by atoms with Crippen molar-refractivity contribution in [2.24, 2.45) is 5.73 Å². The molecular weight excluding hydrogens is 254 g/mol. The van der Waals surface area contributed by atoms with E-state index in [0.29, 0.717) is 0 Å². The monoisotopic (exact) mass is 273 g/mol. The Hall–Kier alpha value is -1.39. The lowest BCUT2D eigenvalue weighted by Gasteiger charge is -2.08. The first-order chi connectivity index (χ1) is 9.28. The number of aromatic nitrogens is 2. The second-order valence-electron chi connectivity index (χ2n) is 4.52. The van der Waals surface area contributed by atoms with Crippen LogP contribution in [0.1, 0.15) is 24.5 Å². The summed E-state index contributed by atoms with van der Waals surface area (Å²) >= 11 is 1.65. The van der Waals surface area contributed by atoms with Crippen molar-refractivity contribution < 1.29 is 0 Å². The molecule has 100 valence electrons. The van der Waals surface area contributed by atoms with E-state index in [0.717, 1.165) is 29.3 Å². The maximum absolute atomic E-state index is 5.92. The van der Waals surface area contributed by atoms with Crippen LogP contribution in [-0.4, -0.2) is 16.0 Å². The van der Waals surface area contributed by atoms with Gasteiger partial charge in [0.25, 0.3) is 0 Å². The van der Waals surface area contributed by atoms with Crippen molar-refractivity contribution in [2.45, 2.75) is 36.7 Å². The fraction of sp³-hybridized carbons (Fsp3) is 0.333. The Kier molecular flexibility index (Phi) is 5.36. The molecule has 2 rings (SSSR count). The van der Waals surface area contributed by atoms with Gasteiger partial charge in [-0.25, -0.2) is 9.97 Å². The predicted molar refractivity (Wildman–Crippen MR) is 80.0 cm³/mol. The van der Waals surface area contributed by atoms with Crippen molar-refractivity contribution >= 4 is 11.8 Å². The zero-order valence-corrected chi connectivity index (χ0v) is 11.9. The second-order valence-corrected chi connectivity index (χ2v) is 5.46. The molecule has 4 heteroatoms. The van der Waals surface area contributed by atoms with Crippen LogP contribution in [0, 0.1) is 0 Å². The number of nitrogens with two attached hydrogens (primary N) is 1. The molecule has 0 amide bonds. The predicted octanol–water partition coefficient (Wildman–Crippen LogP) is 3.05. The molecule has 0 saturated carbocycles. The molecule has 0 aliphatic carbocycles. The molecule has 2 aromatic rings. The van der Waals surface area contributed by atoms with Crippen LogP contribution < -0.4 is 5.73 Å². The van der Waals surface area contributed by atoms with Gasteiger partial charge in [-0.2, -0.15) is 0 Å². The number of hydrogen-bond acceptors (Lipinski definition) is 4. The highest BCUT2D eigenvalue weighted by Crippen LogP contribution is 2.18. The molecule has 0 fully saturated rings. The van der Waals surface area contributed by atoms with Gasteiger partial charge in [0.1, 0.15) is 0 Å². The highest BCUT2D eigenvalue weighted by molar-refractivity contribution is 7.98. The van der Waals surface area contributed by atoms with Crippen molar-refractivity contribution in [1.82, 2.24) is 9.97 Å². The molecule has 0 spiro atoms.